The molecule has 2 atom stereocenters. The van der Waals surface area contributed by atoms with Crippen LogP contribution >= 0.6 is 0 Å². The van der Waals surface area contributed by atoms with Gasteiger partial charge in [0.1, 0.15) is 5.75 Å². The van der Waals surface area contributed by atoms with E-state index >= 15 is 0 Å². The average Bonchev–Trinajstić information content (AvgIpc) is 2.45. The van der Waals surface area contributed by atoms with Crippen LogP contribution in [-0.2, 0) is 4.79 Å². The van der Waals surface area contributed by atoms with E-state index in [0.717, 1.165) is 6.42 Å². The van der Waals surface area contributed by atoms with Crippen LogP contribution in [0.15, 0.2) is 18.2 Å². The van der Waals surface area contributed by atoms with Gasteiger partial charge in [0.25, 0.3) is 0 Å². The fourth-order valence-electron chi connectivity index (χ4n) is 1.66. The summed E-state index contributed by atoms with van der Waals surface area (Å²) in [5, 5.41) is 11.7. The number of rotatable bonds is 6. The molecule has 1 amide bonds. The molecule has 0 heterocycles. The number of carboxylic acids is 1. The zero-order chi connectivity index (χ0) is 15.3. The first-order valence-electron chi connectivity index (χ1n) is 6.38. The van der Waals surface area contributed by atoms with E-state index in [1.54, 1.807) is 6.07 Å². The van der Waals surface area contributed by atoms with Gasteiger partial charge in [0.15, 0.2) is 0 Å². The number of aromatic carboxylic acids is 1. The van der Waals surface area contributed by atoms with E-state index in [4.69, 9.17) is 15.6 Å². The van der Waals surface area contributed by atoms with Crippen LogP contribution in [0.4, 0.5) is 5.69 Å². The zero-order valence-corrected chi connectivity index (χ0v) is 11.8. The number of ether oxygens (including phenoxy) is 1. The molecule has 0 fully saturated rings. The maximum absolute atomic E-state index is 12.0. The number of nitrogens with two attached hydrogens (primary N) is 1. The van der Waals surface area contributed by atoms with E-state index < -0.39 is 17.9 Å². The van der Waals surface area contributed by atoms with Crippen LogP contribution in [0.2, 0.25) is 0 Å². The molecule has 0 aliphatic heterocycles. The Morgan fingerprint density at radius 2 is 2.10 bits per heavy atom. The number of carboxylic acid groups (broad SMARTS) is 1. The first kappa shape index (κ1) is 16.0. The third kappa shape index (κ3) is 3.71. The van der Waals surface area contributed by atoms with E-state index in [0.29, 0.717) is 5.75 Å². The van der Waals surface area contributed by atoms with Crippen molar-refractivity contribution in [3.8, 4) is 5.75 Å². The summed E-state index contributed by atoms with van der Waals surface area (Å²) in [6.45, 7) is 3.81. The van der Waals surface area contributed by atoms with Crippen LogP contribution in [0.5, 0.6) is 5.75 Å². The number of amides is 1. The van der Waals surface area contributed by atoms with E-state index in [2.05, 4.69) is 5.32 Å². The number of hydrogen-bond donors (Lipinski definition) is 3. The van der Waals surface area contributed by atoms with Gasteiger partial charge in [-0.2, -0.15) is 0 Å². The predicted octanol–water partition coefficient (Wildman–Crippen LogP) is 1.71. The lowest BCUT2D eigenvalue weighted by atomic mass is 9.99. The van der Waals surface area contributed by atoms with Crippen molar-refractivity contribution in [3.05, 3.63) is 23.8 Å². The summed E-state index contributed by atoms with van der Waals surface area (Å²) >= 11 is 0. The van der Waals surface area contributed by atoms with Gasteiger partial charge in [0, 0.05) is 0 Å². The fourth-order valence-corrected chi connectivity index (χ4v) is 1.66. The van der Waals surface area contributed by atoms with Crippen LogP contribution in [0.1, 0.15) is 30.6 Å². The number of methoxy groups -OCH3 is 1. The van der Waals surface area contributed by atoms with Crippen molar-refractivity contribution in [1.82, 2.24) is 0 Å². The summed E-state index contributed by atoms with van der Waals surface area (Å²) in [6, 6.07) is 3.75. The number of nitrogens with one attached hydrogen (secondary N) is 1. The summed E-state index contributed by atoms with van der Waals surface area (Å²) in [5.41, 5.74) is 5.99. The van der Waals surface area contributed by atoms with E-state index in [9.17, 15) is 9.59 Å². The van der Waals surface area contributed by atoms with Crippen LogP contribution in [0.25, 0.3) is 0 Å². The van der Waals surface area contributed by atoms with Crippen LogP contribution in [-0.4, -0.2) is 30.1 Å². The van der Waals surface area contributed by atoms with Crippen molar-refractivity contribution in [3.63, 3.8) is 0 Å². The minimum Gasteiger partial charge on any atom is -0.497 e. The van der Waals surface area contributed by atoms with Crippen LogP contribution in [0, 0.1) is 5.92 Å². The Morgan fingerprint density at radius 1 is 1.45 bits per heavy atom. The Morgan fingerprint density at radius 3 is 2.60 bits per heavy atom. The number of carbonyl (C=O) groups excluding carboxylic acids is 1. The van der Waals surface area contributed by atoms with Crippen molar-refractivity contribution in [1.29, 1.82) is 0 Å². The van der Waals surface area contributed by atoms with E-state index in [-0.39, 0.29) is 17.2 Å². The molecule has 0 aliphatic rings. The minimum absolute atomic E-state index is 0.0153. The van der Waals surface area contributed by atoms with Gasteiger partial charge in [-0.1, -0.05) is 20.3 Å². The lowest BCUT2D eigenvalue weighted by molar-refractivity contribution is -0.118. The average molecular weight is 280 g/mol. The largest absolute Gasteiger partial charge is 0.497 e. The topological polar surface area (TPSA) is 102 Å². The molecule has 1 aromatic carbocycles. The second kappa shape index (κ2) is 6.91. The number of anilines is 1. The molecule has 0 aromatic heterocycles. The maximum atomic E-state index is 12.0. The predicted molar refractivity (Wildman–Crippen MR) is 76.0 cm³/mol. The minimum atomic E-state index is -1.14. The smallest absolute Gasteiger partial charge is 0.337 e. The summed E-state index contributed by atoms with van der Waals surface area (Å²) in [6.07, 6.45) is 0.767. The molecule has 4 N–H and O–H groups in total. The molecule has 0 bridgehead atoms. The molecule has 1 aromatic rings. The Balaban J connectivity index is 2.97. The summed E-state index contributed by atoms with van der Waals surface area (Å²) < 4.78 is 4.97. The van der Waals surface area contributed by atoms with Gasteiger partial charge in [-0.05, 0) is 24.1 Å². The molecule has 1 unspecified atom stereocenters. The highest BCUT2D eigenvalue weighted by Crippen LogP contribution is 2.22. The normalized spacial score (nSPS) is 13.4. The third-order valence-electron chi connectivity index (χ3n) is 3.27. The lowest BCUT2D eigenvalue weighted by Crippen LogP contribution is -2.40. The molecule has 0 saturated carbocycles. The zero-order valence-electron chi connectivity index (χ0n) is 11.8. The standard InChI is InChI=1S/C14H20N2O4/c1-4-8(2)12(15)13(17)16-11-6-5-9(20-3)7-10(11)14(18)19/h5-8,12H,4,15H2,1-3H3,(H,16,17)(H,18,19)/t8?,12-/m0/s1. The third-order valence-corrected chi connectivity index (χ3v) is 3.27. The molecule has 6 nitrogen and oxygen atoms in total. The fraction of sp³-hybridized carbons (Fsp3) is 0.429. The molecule has 1 rings (SSSR count). The van der Waals surface area contributed by atoms with Crippen molar-refractivity contribution in [2.45, 2.75) is 26.3 Å². The van der Waals surface area contributed by atoms with Crippen molar-refractivity contribution < 1.29 is 19.4 Å². The molecular weight excluding hydrogens is 260 g/mol. The quantitative estimate of drug-likeness (QED) is 0.736. The van der Waals surface area contributed by atoms with Gasteiger partial charge in [-0.3, -0.25) is 4.79 Å². The highest BCUT2D eigenvalue weighted by Gasteiger charge is 2.21. The van der Waals surface area contributed by atoms with Gasteiger partial charge in [0.05, 0.1) is 24.4 Å². The van der Waals surface area contributed by atoms with E-state index in [1.807, 2.05) is 13.8 Å². The first-order chi connectivity index (χ1) is 9.40. The SMILES string of the molecule is CCC(C)[C@H](N)C(=O)Nc1ccc(OC)cc1C(=O)O. The molecule has 0 saturated heterocycles. The number of hydrogen-bond acceptors (Lipinski definition) is 4. The van der Waals surface area contributed by atoms with E-state index in [1.165, 1.54) is 19.2 Å². The molecule has 20 heavy (non-hydrogen) atoms. The molecule has 110 valence electrons. The lowest BCUT2D eigenvalue weighted by Gasteiger charge is -2.18. The monoisotopic (exact) mass is 280 g/mol. The first-order valence-corrected chi connectivity index (χ1v) is 6.38. The van der Waals surface area contributed by atoms with Crippen LogP contribution in [0.3, 0.4) is 0 Å². The molecule has 6 heteroatoms. The summed E-state index contributed by atoms with van der Waals surface area (Å²) in [4.78, 5) is 23.2. The van der Waals surface area contributed by atoms with Gasteiger partial charge >= 0.3 is 5.97 Å². The van der Waals surface area contributed by atoms with Crippen molar-refractivity contribution >= 4 is 17.6 Å². The molecule has 0 aliphatic carbocycles. The highest BCUT2D eigenvalue weighted by atomic mass is 16.5. The molecular formula is C14H20N2O4. The Hall–Kier alpha value is -2.08. The Kier molecular flexibility index (Phi) is 5.52. The van der Waals surface area contributed by atoms with Crippen molar-refractivity contribution in [2.75, 3.05) is 12.4 Å². The Labute approximate surface area is 117 Å². The highest BCUT2D eigenvalue weighted by molar-refractivity contribution is 6.02. The van der Waals surface area contributed by atoms with Crippen LogP contribution < -0.4 is 15.8 Å². The van der Waals surface area contributed by atoms with Gasteiger partial charge in [-0.15, -0.1) is 0 Å². The Bertz CT molecular complexity index is 502. The molecule has 0 spiro atoms. The molecule has 0 radical (unpaired) electrons. The second-order valence-electron chi connectivity index (χ2n) is 4.62. The summed E-state index contributed by atoms with van der Waals surface area (Å²) in [5.74, 6) is -1.11. The number of carbonyl (C=O) groups is 2. The second-order valence-corrected chi connectivity index (χ2v) is 4.62. The van der Waals surface area contributed by atoms with Crippen molar-refractivity contribution in [2.24, 2.45) is 11.7 Å². The summed E-state index contributed by atoms with van der Waals surface area (Å²) in [7, 11) is 1.44. The van der Waals surface area contributed by atoms with Gasteiger partial charge < -0.3 is 20.9 Å². The van der Waals surface area contributed by atoms with Gasteiger partial charge in [0.2, 0.25) is 5.91 Å². The maximum Gasteiger partial charge on any atom is 0.337 e. The van der Waals surface area contributed by atoms with Gasteiger partial charge in [-0.25, -0.2) is 4.79 Å². The number of benzene rings is 1.